The van der Waals surface area contributed by atoms with E-state index in [1.807, 2.05) is 32.0 Å². The van der Waals surface area contributed by atoms with Crippen LogP contribution in [0.25, 0.3) is 0 Å². The molecule has 0 atom stereocenters. The Morgan fingerprint density at radius 1 is 0.963 bits per heavy atom. The highest BCUT2D eigenvalue weighted by atomic mass is 35.5. The first-order valence-corrected chi connectivity index (χ1v) is 9.15. The number of carbonyl (C=O) groups excluding carboxylic acids is 2. The van der Waals surface area contributed by atoms with Gasteiger partial charge in [-0.2, -0.15) is 0 Å². The number of ether oxygens (including phenoxy) is 2. The average molecular weight is 391 g/mol. The molecule has 2 aromatic carbocycles. The fourth-order valence-corrected chi connectivity index (χ4v) is 2.58. The summed E-state index contributed by atoms with van der Waals surface area (Å²) in [4.78, 5) is 23.9. The number of nitrogens with one attached hydrogen (secondary N) is 2. The van der Waals surface area contributed by atoms with Crippen LogP contribution in [0.15, 0.2) is 42.5 Å². The van der Waals surface area contributed by atoms with E-state index in [1.165, 1.54) is 0 Å². The van der Waals surface area contributed by atoms with Crippen molar-refractivity contribution in [1.82, 2.24) is 5.32 Å². The summed E-state index contributed by atoms with van der Waals surface area (Å²) in [5, 5.41) is 5.45. The Bertz CT molecular complexity index is 795. The molecule has 0 spiro atoms. The molecule has 0 fully saturated rings. The van der Waals surface area contributed by atoms with E-state index >= 15 is 0 Å². The Balaban J connectivity index is 1.88. The number of benzene rings is 2. The van der Waals surface area contributed by atoms with Crippen LogP contribution in [0.2, 0.25) is 5.02 Å². The Morgan fingerprint density at radius 3 is 2.37 bits per heavy atom. The molecule has 6 nitrogen and oxygen atoms in total. The topological polar surface area (TPSA) is 76.7 Å². The molecule has 2 N–H and O–H groups in total. The van der Waals surface area contributed by atoms with Crippen LogP contribution in [0.3, 0.4) is 0 Å². The third-order valence-electron chi connectivity index (χ3n) is 3.64. The molecule has 2 aromatic rings. The maximum Gasteiger partial charge on any atom is 0.313 e. The van der Waals surface area contributed by atoms with Crippen molar-refractivity contribution in [3.8, 4) is 11.5 Å². The lowest BCUT2D eigenvalue weighted by atomic mass is 10.1. The summed E-state index contributed by atoms with van der Waals surface area (Å²) in [5.74, 6) is -0.124. The van der Waals surface area contributed by atoms with Gasteiger partial charge in [-0.1, -0.05) is 29.8 Å². The molecule has 27 heavy (non-hydrogen) atoms. The third kappa shape index (κ3) is 6.18. The lowest BCUT2D eigenvalue weighted by Crippen LogP contribution is -2.36. The molecule has 0 unspecified atom stereocenters. The van der Waals surface area contributed by atoms with Crippen molar-refractivity contribution >= 4 is 29.1 Å². The molecule has 0 bridgehead atoms. The summed E-state index contributed by atoms with van der Waals surface area (Å²) in [6, 6.07) is 12.4. The van der Waals surface area contributed by atoms with Gasteiger partial charge in [-0.3, -0.25) is 9.59 Å². The van der Waals surface area contributed by atoms with E-state index in [-0.39, 0.29) is 0 Å². The number of hydrogen-bond acceptors (Lipinski definition) is 4. The predicted molar refractivity (Wildman–Crippen MR) is 106 cm³/mol. The number of anilines is 1. The molecule has 0 saturated carbocycles. The average Bonchev–Trinajstić information content (AvgIpc) is 2.66. The van der Waals surface area contributed by atoms with Gasteiger partial charge < -0.3 is 20.1 Å². The van der Waals surface area contributed by atoms with E-state index in [0.29, 0.717) is 48.4 Å². The third-order valence-corrected chi connectivity index (χ3v) is 3.96. The minimum Gasteiger partial charge on any atom is -0.490 e. The van der Waals surface area contributed by atoms with Gasteiger partial charge in [-0.15, -0.1) is 0 Å². The molecule has 0 radical (unpaired) electrons. The molecule has 0 aliphatic rings. The van der Waals surface area contributed by atoms with Crippen LogP contribution < -0.4 is 20.1 Å². The first-order valence-electron chi connectivity index (χ1n) is 8.77. The lowest BCUT2D eigenvalue weighted by Gasteiger charge is -2.12. The highest BCUT2D eigenvalue weighted by molar-refractivity contribution is 6.41. The van der Waals surface area contributed by atoms with E-state index < -0.39 is 11.8 Å². The Kier molecular flexibility index (Phi) is 7.95. The van der Waals surface area contributed by atoms with Gasteiger partial charge in [-0.05, 0) is 50.1 Å². The Morgan fingerprint density at radius 2 is 1.67 bits per heavy atom. The second kappa shape index (κ2) is 10.4. The minimum absolute atomic E-state index is 0.314. The quantitative estimate of drug-likeness (QED) is 0.677. The van der Waals surface area contributed by atoms with Crippen molar-refractivity contribution in [2.24, 2.45) is 0 Å². The van der Waals surface area contributed by atoms with Gasteiger partial charge >= 0.3 is 11.8 Å². The summed E-state index contributed by atoms with van der Waals surface area (Å²) in [5.41, 5.74) is 1.36. The maximum atomic E-state index is 11.9. The number of para-hydroxylation sites is 1. The summed E-state index contributed by atoms with van der Waals surface area (Å²) in [7, 11) is 0. The number of amides is 2. The van der Waals surface area contributed by atoms with Gasteiger partial charge in [0.05, 0.1) is 23.9 Å². The Hall–Kier alpha value is -2.73. The van der Waals surface area contributed by atoms with E-state index in [4.69, 9.17) is 21.1 Å². The zero-order chi connectivity index (χ0) is 19.6. The second-order valence-electron chi connectivity index (χ2n) is 5.59. The van der Waals surface area contributed by atoms with Gasteiger partial charge in [0.2, 0.25) is 0 Å². The normalized spacial score (nSPS) is 10.2. The molecule has 2 amide bonds. The highest BCUT2D eigenvalue weighted by Gasteiger charge is 2.14. The number of hydrogen-bond donors (Lipinski definition) is 2. The minimum atomic E-state index is -0.759. The van der Waals surface area contributed by atoms with Gasteiger partial charge in [0, 0.05) is 6.54 Å². The molecular weight excluding hydrogens is 368 g/mol. The van der Waals surface area contributed by atoms with Crippen LogP contribution >= 0.6 is 11.6 Å². The van der Waals surface area contributed by atoms with Gasteiger partial charge in [0.1, 0.15) is 0 Å². The van der Waals surface area contributed by atoms with Gasteiger partial charge in [0.25, 0.3) is 0 Å². The molecule has 0 aliphatic heterocycles. The van der Waals surface area contributed by atoms with E-state index in [2.05, 4.69) is 10.6 Å². The SMILES string of the molecule is CCOc1ccc(CCNC(=O)C(=O)Nc2ccccc2Cl)cc1OCC. The van der Waals surface area contributed by atoms with Crippen LogP contribution in [-0.2, 0) is 16.0 Å². The first-order chi connectivity index (χ1) is 13.0. The predicted octanol–water partition coefficient (Wildman–Crippen LogP) is 3.43. The molecule has 0 saturated heterocycles. The number of halogens is 1. The van der Waals surface area contributed by atoms with Crippen molar-refractivity contribution in [3.05, 3.63) is 53.1 Å². The largest absolute Gasteiger partial charge is 0.490 e. The fraction of sp³-hybridized carbons (Fsp3) is 0.300. The van der Waals surface area contributed by atoms with Crippen LogP contribution in [0.4, 0.5) is 5.69 Å². The summed E-state index contributed by atoms with van der Waals surface area (Å²) >= 11 is 5.96. The van der Waals surface area contributed by atoms with Crippen molar-refractivity contribution < 1.29 is 19.1 Å². The Labute approximate surface area is 163 Å². The smallest absolute Gasteiger partial charge is 0.313 e. The molecule has 0 aliphatic carbocycles. The zero-order valence-corrected chi connectivity index (χ0v) is 16.1. The molecule has 0 heterocycles. The van der Waals surface area contributed by atoms with Crippen LogP contribution in [-0.4, -0.2) is 31.6 Å². The molecule has 144 valence electrons. The van der Waals surface area contributed by atoms with E-state index in [9.17, 15) is 9.59 Å². The molecule has 7 heteroatoms. The highest BCUT2D eigenvalue weighted by Crippen LogP contribution is 2.28. The monoisotopic (exact) mass is 390 g/mol. The second-order valence-corrected chi connectivity index (χ2v) is 5.99. The summed E-state index contributed by atoms with van der Waals surface area (Å²) in [6.45, 7) is 5.21. The van der Waals surface area contributed by atoms with E-state index in [0.717, 1.165) is 5.56 Å². The van der Waals surface area contributed by atoms with Gasteiger partial charge in [-0.25, -0.2) is 0 Å². The van der Waals surface area contributed by atoms with Crippen LogP contribution in [0, 0.1) is 0 Å². The van der Waals surface area contributed by atoms with Crippen molar-refractivity contribution in [2.45, 2.75) is 20.3 Å². The summed E-state index contributed by atoms with van der Waals surface area (Å²) < 4.78 is 11.1. The maximum absolute atomic E-state index is 11.9. The van der Waals surface area contributed by atoms with Crippen molar-refractivity contribution in [1.29, 1.82) is 0 Å². The molecule has 0 aromatic heterocycles. The molecule has 2 rings (SSSR count). The first kappa shape index (κ1) is 20.6. The number of carbonyl (C=O) groups is 2. The standard InChI is InChI=1S/C20H23ClN2O4/c1-3-26-17-10-9-14(13-18(17)27-4-2)11-12-22-19(24)20(25)23-16-8-6-5-7-15(16)21/h5-10,13H,3-4,11-12H2,1-2H3,(H,22,24)(H,23,25). The van der Waals surface area contributed by atoms with Crippen molar-refractivity contribution in [3.63, 3.8) is 0 Å². The fourth-order valence-electron chi connectivity index (χ4n) is 2.39. The summed E-state index contributed by atoms with van der Waals surface area (Å²) in [6.07, 6.45) is 0.553. The lowest BCUT2D eigenvalue weighted by molar-refractivity contribution is -0.136. The van der Waals surface area contributed by atoms with Crippen LogP contribution in [0.5, 0.6) is 11.5 Å². The van der Waals surface area contributed by atoms with E-state index in [1.54, 1.807) is 24.3 Å². The van der Waals surface area contributed by atoms with Gasteiger partial charge in [0.15, 0.2) is 11.5 Å². The zero-order valence-electron chi connectivity index (χ0n) is 15.4. The van der Waals surface area contributed by atoms with Crippen LogP contribution in [0.1, 0.15) is 19.4 Å². The van der Waals surface area contributed by atoms with Crippen molar-refractivity contribution in [2.75, 3.05) is 25.1 Å². The molecular formula is C20H23ClN2O4. The number of rotatable bonds is 8.